The highest BCUT2D eigenvalue weighted by Gasteiger charge is 2.13. The van der Waals surface area contributed by atoms with E-state index in [1.54, 1.807) is 19.2 Å². The number of nitrogens with one attached hydrogen (secondary N) is 1. The van der Waals surface area contributed by atoms with Gasteiger partial charge in [-0.15, -0.1) is 0 Å². The number of benzene rings is 1. The standard InChI is InChI=1S/C17H13N5O3/c1-9-7-13(20-12-8-10(25-2)3-4-11(9)12)22-17(24)15-14(16(23)21-22)18-5-6-19-15/h3-8H,1-2H3,(H,21,23). The molecular formula is C17H13N5O3. The molecular weight excluding hydrogens is 322 g/mol. The fraction of sp³-hybridized carbons (Fsp3) is 0.118. The van der Waals surface area contributed by atoms with Crippen molar-refractivity contribution in [1.29, 1.82) is 0 Å². The first kappa shape index (κ1) is 15.0. The summed E-state index contributed by atoms with van der Waals surface area (Å²) in [5.41, 5.74) is 0.570. The van der Waals surface area contributed by atoms with Crippen LogP contribution in [-0.4, -0.2) is 31.8 Å². The summed E-state index contributed by atoms with van der Waals surface area (Å²) in [6.07, 6.45) is 2.74. The second kappa shape index (κ2) is 5.52. The molecule has 0 spiro atoms. The second-order valence-corrected chi connectivity index (χ2v) is 5.52. The van der Waals surface area contributed by atoms with Gasteiger partial charge < -0.3 is 4.74 Å². The summed E-state index contributed by atoms with van der Waals surface area (Å²) in [4.78, 5) is 37.3. The largest absolute Gasteiger partial charge is 0.497 e. The summed E-state index contributed by atoms with van der Waals surface area (Å²) < 4.78 is 6.31. The van der Waals surface area contributed by atoms with E-state index in [0.29, 0.717) is 17.1 Å². The van der Waals surface area contributed by atoms with Crippen molar-refractivity contribution in [2.24, 2.45) is 0 Å². The quantitative estimate of drug-likeness (QED) is 0.593. The lowest BCUT2D eigenvalue weighted by Crippen LogP contribution is -2.30. The first-order valence-corrected chi connectivity index (χ1v) is 7.50. The molecule has 3 heterocycles. The number of hydrogen-bond donors (Lipinski definition) is 1. The van der Waals surface area contributed by atoms with Crippen molar-refractivity contribution in [2.45, 2.75) is 6.92 Å². The van der Waals surface area contributed by atoms with E-state index in [1.165, 1.54) is 12.4 Å². The number of pyridine rings is 1. The number of aryl methyl sites for hydroxylation is 1. The van der Waals surface area contributed by atoms with Crippen LogP contribution < -0.4 is 15.9 Å². The third-order valence-electron chi connectivity index (χ3n) is 3.97. The van der Waals surface area contributed by atoms with Gasteiger partial charge in [0.05, 0.1) is 12.6 Å². The highest BCUT2D eigenvalue weighted by atomic mass is 16.5. The molecule has 8 heteroatoms. The average Bonchev–Trinajstić information content (AvgIpc) is 2.64. The Hall–Kier alpha value is -3.55. The number of fused-ring (bicyclic) bond motifs is 2. The zero-order valence-corrected chi connectivity index (χ0v) is 13.5. The maximum Gasteiger partial charge on any atom is 0.299 e. The highest BCUT2D eigenvalue weighted by Crippen LogP contribution is 2.23. The number of methoxy groups -OCH3 is 1. The van der Waals surface area contributed by atoms with Crippen LogP contribution in [0.4, 0.5) is 0 Å². The molecule has 4 rings (SSSR count). The number of aromatic nitrogens is 5. The zero-order valence-electron chi connectivity index (χ0n) is 13.5. The van der Waals surface area contributed by atoms with Crippen molar-refractivity contribution >= 4 is 21.9 Å². The van der Waals surface area contributed by atoms with Gasteiger partial charge in [-0.1, -0.05) is 0 Å². The van der Waals surface area contributed by atoms with Crippen molar-refractivity contribution < 1.29 is 4.74 Å². The minimum Gasteiger partial charge on any atom is -0.497 e. The Kier molecular flexibility index (Phi) is 3.31. The minimum absolute atomic E-state index is 0.00271. The molecule has 0 unspecified atom stereocenters. The fourth-order valence-corrected chi connectivity index (χ4v) is 2.74. The molecule has 0 amide bonds. The molecule has 0 saturated carbocycles. The molecule has 0 aliphatic heterocycles. The predicted molar refractivity (Wildman–Crippen MR) is 92.3 cm³/mol. The second-order valence-electron chi connectivity index (χ2n) is 5.52. The molecule has 25 heavy (non-hydrogen) atoms. The van der Waals surface area contributed by atoms with Crippen molar-refractivity contribution in [3.8, 4) is 11.6 Å². The van der Waals surface area contributed by atoms with Gasteiger partial charge in [-0.3, -0.25) is 14.7 Å². The van der Waals surface area contributed by atoms with Crippen molar-refractivity contribution in [3.05, 3.63) is 62.9 Å². The lowest BCUT2D eigenvalue weighted by Gasteiger charge is -2.10. The van der Waals surface area contributed by atoms with Gasteiger partial charge in [-0.2, -0.15) is 4.68 Å². The summed E-state index contributed by atoms with van der Waals surface area (Å²) in [5.74, 6) is 0.953. The summed E-state index contributed by atoms with van der Waals surface area (Å²) in [6.45, 7) is 1.91. The van der Waals surface area contributed by atoms with Crippen molar-refractivity contribution in [3.63, 3.8) is 0 Å². The topological polar surface area (TPSA) is 103 Å². The van der Waals surface area contributed by atoms with Crippen LogP contribution >= 0.6 is 0 Å². The van der Waals surface area contributed by atoms with Gasteiger partial charge in [0.2, 0.25) is 0 Å². The molecule has 8 nitrogen and oxygen atoms in total. The number of ether oxygens (including phenoxy) is 1. The minimum atomic E-state index is -0.507. The average molecular weight is 335 g/mol. The van der Waals surface area contributed by atoms with Crippen LogP contribution in [-0.2, 0) is 0 Å². The summed E-state index contributed by atoms with van der Waals surface area (Å²) in [6, 6.07) is 7.25. The van der Waals surface area contributed by atoms with Gasteiger partial charge in [0, 0.05) is 23.8 Å². The molecule has 0 atom stereocenters. The Labute approximate surface area is 140 Å². The molecule has 0 saturated heterocycles. The maximum absolute atomic E-state index is 12.7. The molecule has 124 valence electrons. The number of hydrogen-bond acceptors (Lipinski definition) is 6. The van der Waals surface area contributed by atoms with Gasteiger partial charge >= 0.3 is 0 Å². The Bertz CT molecular complexity index is 1240. The smallest absolute Gasteiger partial charge is 0.299 e. The van der Waals surface area contributed by atoms with Crippen LogP contribution in [0, 0.1) is 6.92 Å². The van der Waals surface area contributed by atoms with E-state index in [9.17, 15) is 9.59 Å². The van der Waals surface area contributed by atoms with Crippen LogP contribution in [0.3, 0.4) is 0 Å². The van der Waals surface area contributed by atoms with Crippen LogP contribution in [0.1, 0.15) is 5.56 Å². The van der Waals surface area contributed by atoms with Crippen LogP contribution in [0.25, 0.3) is 27.8 Å². The van der Waals surface area contributed by atoms with E-state index in [-0.39, 0.29) is 11.0 Å². The Morgan fingerprint density at radius 3 is 2.60 bits per heavy atom. The lowest BCUT2D eigenvalue weighted by atomic mass is 10.1. The van der Waals surface area contributed by atoms with E-state index in [2.05, 4.69) is 20.1 Å². The first-order valence-electron chi connectivity index (χ1n) is 7.50. The number of rotatable bonds is 2. The fourth-order valence-electron chi connectivity index (χ4n) is 2.74. The third kappa shape index (κ3) is 2.35. The number of aromatic amines is 1. The van der Waals surface area contributed by atoms with Crippen molar-refractivity contribution in [2.75, 3.05) is 7.11 Å². The lowest BCUT2D eigenvalue weighted by molar-refractivity contribution is 0.415. The Morgan fingerprint density at radius 2 is 1.84 bits per heavy atom. The van der Waals surface area contributed by atoms with Crippen LogP contribution in [0.15, 0.2) is 46.2 Å². The van der Waals surface area contributed by atoms with Gasteiger partial charge in [0.25, 0.3) is 11.1 Å². The Balaban J connectivity index is 2.05. The number of nitrogens with zero attached hydrogens (tertiary/aromatic N) is 4. The summed E-state index contributed by atoms with van der Waals surface area (Å²) in [7, 11) is 1.57. The van der Waals surface area contributed by atoms with Gasteiger partial charge in [0.1, 0.15) is 5.75 Å². The molecule has 0 radical (unpaired) electrons. The third-order valence-corrected chi connectivity index (χ3v) is 3.97. The van der Waals surface area contributed by atoms with E-state index >= 15 is 0 Å². The molecule has 0 bridgehead atoms. The molecule has 1 N–H and O–H groups in total. The maximum atomic E-state index is 12.7. The normalized spacial score (nSPS) is 11.1. The molecule has 1 aromatic carbocycles. The van der Waals surface area contributed by atoms with Gasteiger partial charge in [-0.25, -0.2) is 15.0 Å². The SMILES string of the molecule is COc1ccc2c(C)cc(-n3[nH]c(=O)c4nccnc4c3=O)nc2c1. The molecule has 0 aliphatic carbocycles. The Morgan fingerprint density at radius 1 is 1.08 bits per heavy atom. The molecule has 0 aliphatic rings. The highest BCUT2D eigenvalue weighted by molar-refractivity contribution is 5.84. The van der Waals surface area contributed by atoms with E-state index in [0.717, 1.165) is 15.6 Å². The summed E-state index contributed by atoms with van der Waals surface area (Å²) >= 11 is 0. The zero-order chi connectivity index (χ0) is 17.6. The van der Waals surface area contributed by atoms with E-state index < -0.39 is 11.1 Å². The first-order chi connectivity index (χ1) is 12.1. The molecule has 0 fully saturated rings. The molecule has 4 aromatic rings. The van der Waals surface area contributed by atoms with Crippen LogP contribution in [0.2, 0.25) is 0 Å². The van der Waals surface area contributed by atoms with Gasteiger partial charge in [0.15, 0.2) is 16.9 Å². The van der Waals surface area contributed by atoms with Crippen LogP contribution in [0.5, 0.6) is 5.75 Å². The number of H-pyrrole nitrogens is 1. The molecule has 3 aromatic heterocycles. The van der Waals surface area contributed by atoms with Crippen molar-refractivity contribution in [1.82, 2.24) is 24.7 Å². The van der Waals surface area contributed by atoms with E-state index in [4.69, 9.17) is 4.74 Å². The monoisotopic (exact) mass is 335 g/mol. The summed E-state index contributed by atoms with van der Waals surface area (Å²) in [5, 5.41) is 3.44. The van der Waals surface area contributed by atoms with Gasteiger partial charge in [-0.05, 0) is 30.7 Å². The van der Waals surface area contributed by atoms with E-state index in [1.807, 2.05) is 19.1 Å². The predicted octanol–water partition coefficient (Wildman–Crippen LogP) is 1.33.